The molecule has 1 atom stereocenters. The first-order chi connectivity index (χ1) is 11.6. The average molecular weight is 327 g/mol. The fourth-order valence-corrected chi connectivity index (χ4v) is 3.17. The number of cyclic esters (lactones) is 1. The van der Waals surface area contributed by atoms with E-state index in [9.17, 15) is 9.59 Å². The summed E-state index contributed by atoms with van der Waals surface area (Å²) in [5.74, 6) is 0.599. The highest BCUT2D eigenvalue weighted by Gasteiger charge is 2.39. The van der Waals surface area contributed by atoms with Gasteiger partial charge in [-0.15, -0.1) is 0 Å². The Morgan fingerprint density at radius 3 is 3.00 bits per heavy atom. The van der Waals surface area contributed by atoms with Crippen LogP contribution >= 0.6 is 0 Å². The molecule has 2 aliphatic heterocycles. The molecule has 0 saturated carbocycles. The molecule has 2 aromatic heterocycles. The lowest BCUT2D eigenvalue weighted by Gasteiger charge is -2.35. The van der Waals surface area contributed by atoms with Crippen LogP contribution in [0.25, 0.3) is 5.82 Å². The number of hydrogen-bond acceptors (Lipinski definition) is 5. The van der Waals surface area contributed by atoms with Gasteiger partial charge in [-0.25, -0.2) is 14.5 Å². The minimum atomic E-state index is -0.286. The van der Waals surface area contributed by atoms with Gasteiger partial charge in [-0.05, 0) is 19.1 Å². The number of rotatable bonds is 2. The average Bonchev–Trinajstić information content (AvgIpc) is 3.18. The third kappa shape index (κ3) is 2.31. The Balaban J connectivity index is 1.55. The number of carbonyl (C=O) groups is 2. The number of ether oxygens (including phenoxy) is 1. The quantitative estimate of drug-likeness (QED) is 0.817. The molecule has 4 rings (SSSR count). The molecular weight excluding hydrogens is 310 g/mol. The van der Waals surface area contributed by atoms with Crippen LogP contribution in [0.5, 0.6) is 0 Å². The first kappa shape index (κ1) is 14.7. The molecule has 8 nitrogen and oxygen atoms in total. The third-order valence-electron chi connectivity index (χ3n) is 4.51. The summed E-state index contributed by atoms with van der Waals surface area (Å²) >= 11 is 0. The van der Waals surface area contributed by atoms with Gasteiger partial charge in [-0.1, -0.05) is 6.07 Å². The van der Waals surface area contributed by atoms with Crippen LogP contribution in [0.1, 0.15) is 16.1 Å². The molecule has 124 valence electrons. The molecule has 24 heavy (non-hydrogen) atoms. The van der Waals surface area contributed by atoms with Crippen LogP contribution in [0, 0.1) is 6.92 Å². The summed E-state index contributed by atoms with van der Waals surface area (Å²) in [4.78, 5) is 32.1. The van der Waals surface area contributed by atoms with E-state index in [4.69, 9.17) is 4.74 Å². The van der Waals surface area contributed by atoms with Crippen molar-refractivity contribution in [3.05, 3.63) is 41.9 Å². The van der Waals surface area contributed by atoms with E-state index in [-0.39, 0.29) is 18.0 Å². The fraction of sp³-hybridized carbons (Fsp3) is 0.375. The molecule has 2 aromatic rings. The van der Waals surface area contributed by atoms with Gasteiger partial charge < -0.3 is 9.64 Å². The Morgan fingerprint density at radius 1 is 1.33 bits per heavy atom. The molecule has 4 heterocycles. The Hall–Kier alpha value is -2.90. The molecule has 2 saturated heterocycles. The minimum absolute atomic E-state index is 0.0543. The molecule has 2 aliphatic rings. The van der Waals surface area contributed by atoms with Gasteiger partial charge in [0.1, 0.15) is 6.61 Å². The van der Waals surface area contributed by atoms with Gasteiger partial charge in [0.25, 0.3) is 5.91 Å². The van der Waals surface area contributed by atoms with Gasteiger partial charge in [0.05, 0.1) is 23.5 Å². The maximum absolute atomic E-state index is 12.8. The first-order valence-corrected chi connectivity index (χ1v) is 7.84. The summed E-state index contributed by atoms with van der Waals surface area (Å²) in [5, 5.41) is 4.30. The molecule has 0 radical (unpaired) electrons. The minimum Gasteiger partial charge on any atom is -0.447 e. The van der Waals surface area contributed by atoms with Crippen LogP contribution < -0.4 is 0 Å². The number of fused-ring (bicyclic) bond motifs is 1. The van der Waals surface area contributed by atoms with Gasteiger partial charge in [0.15, 0.2) is 5.82 Å². The lowest BCUT2D eigenvalue weighted by molar-refractivity contribution is 0.0616. The normalized spacial score (nSPS) is 20.0. The van der Waals surface area contributed by atoms with Crippen LogP contribution in [-0.4, -0.2) is 68.8 Å². The molecule has 2 fully saturated rings. The van der Waals surface area contributed by atoms with Crippen molar-refractivity contribution in [1.29, 1.82) is 0 Å². The highest BCUT2D eigenvalue weighted by molar-refractivity contribution is 5.95. The zero-order valence-corrected chi connectivity index (χ0v) is 13.3. The molecule has 1 unspecified atom stereocenters. The number of aromatic nitrogens is 3. The molecule has 0 aliphatic carbocycles. The van der Waals surface area contributed by atoms with Crippen molar-refractivity contribution in [2.45, 2.75) is 13.0 Å². The molecule has 0 spiro atoms. The van der Waals surface area contributed by atoms with Gasteiger partial charge in [0, 0.05) is 25.8 Å². The zero-order chi connectivity index (χ0) is 16.7. The molecular formula is C16H17N5O3. The van der Waals surface area contributed by atoms with Crippen molar-refractivity contribution in [2.24, 2.45) is 0 Å². The maximum Gasteiger partial charge on any atom is 0.410 e. The van der Waals surface area contributed by atoms with Crippen molar-refractivity contribution >= 4 is 12.0 Å². The summed E-state index contributed by atoms with van der Waals surface area (Å²) < 4.78 is 6.70. The number of nitrogens with zero attached hydrogens (tertiary/aromatic N) is 5. The van der Waals surface area contributed by atoms with E-state index in [2.05, 4.69) is 10.1 Å². The largest absolute Gasteiger partial charge is 0.447 e. The SMILES string of the molecule is Cc1c(C(=O)N2CCN3C(=O)OCC3C2)cnn1-c1ccccn1. The molecule has 0 bridgehead atoms. The molecule has 0 N–H and O–H groups in total. The maximum atomic E-state index is 12.8. The Bertz CT molecular complexity index is 788. The van der Waals surface area contributed by atoms with Crippen LogP contribution in [0.3, 0.4) is 0 Å². The van der Waals surface area contributed by atoms with Crippen molar-refractivity contribution < 1.29 is 14.3 Å². The second-order valence-electron chi connectivity index (χ2n) is 5.92. The topological polar surface area (TPSA) is 80.6 Å². The molecule has 2 amide bonds. The Kier molecular flexibility index (Phi) is 3.44. The van der Waals surface area contributed by atoms with Crippen molar-refractivity contribution in [3.63, 3.8) is 0 Å². The van der Waals surface area contributed by atoms with E-state index in [1.807, 2.05) is 25.1 Å². The van der Waals surface area contributed by atoms with E-state index in [0.29, 0.717) is 37.6 Å². The summed E-state index contributed by atoms with van der Waals surface area (Å²) in [6.45, 7) is 3.68. The molecule has 8 heteroatoms. The van der Waals surface area contributed by atoms with Crippen LogP contribution in [0.15, 0.2) is 30.6 Å². The summed E-state index contributed by atoms with van der Waals surface area (Å²) in [5.41, 5.74) is 1.30. The Labute approximate surface area is 138 Å². The smallest absolute Gasteiger partial charge is 0.410 e. The van der Waals surface area contributed by atoms with E-state index in [0.717, 1.165) is 5.69 Å². The summed E-state index contributed by atoms with van der Waals surface area (Å²) in [6, 6.07) is 5.50. The fourth-order valence-electron chi connectivity index (χ4n) is 3.17. The van der Waals surface area contributed by atoms with Gasteiger partial charge in [-0.2, -0.15) is 5.10 Å². The van der Waals surface area contributed by atoms with Crippen molar-refractivity contribution in [1.82, 2.24) is 24.6 Å². The number of carbonyl (C=O) groups excluding carboxylic acids is 2. The second kappa shape index (κ2) is 5.63. The number of piperazine rings is 1. The Morgan fingerprint density at radius 2 is 2.21 bits per heavy atom. The number of hydrogen-bond donors (Lipinski definition) is 0. The number of pyridine rings is 1. The lowest BCUT2D eigenvalue weighted by atomic mass is 10.1. The second-order valence-corrected chi connectivity index (χ2v) is 5.92. The summed E-state index contributed by atoms with van der Waals surface area (Å²) in [7, 11) is 0. The lowest BCUT2D eigenvalue weighted by Crippen LogP contribution is -2.53. The highest BCUT2D eigenvalue weighted by Crippen LogP contribution is 2.21. The first-order valence-electron chi connectivity index (χ1n) is 7.84. The number of amides is 2. The van der Waals surface area contributed by atoms with Crippen molar-refractivity contribution in [3.8, 4) is 5.82 Å². The van der Waals surface area contributed by atoms with Gasteiger partial charge in [0.2, 0.25) is 0 Å². The predicted octanol–water partition coefficient (Wildman–Crippen LogP) is 0.852. The van der Waals surface area contributed by atoms with E-state index < -0.39 is 0 Å². The predicted molar refractivity (Wildman–Crippen MR) is 83.8 cm³/mol. The third-order valence-corrected chi connectivity index (χ3v) is 4.51. The summed E-state index contributed by atoms with van der Waals surface area (Å²) in [6.07, 6.45) is 2.98. The van der Waals surface area contributed by atoms with Crippen LogP contribution in [0.2, 0.25) is 0 Å². The van der Waals surface area contributed by atoms with E-state index in [1.54, 1.807) is 26.9 Å². The van der Waals surface area contributed by atoms with Crippen LogP contribution in [-0.2, 0) is 4.74 Å². The molecule has 0 aromatic carbocycles. The zero-order valence-electron chi connectivity index (χ0n) is 13.3. The van der Waals surface area contributed by atoms with Gasteiger partial charge in [-0.3, -0.25) is 9.69 Å². The van der Waals surface area contributed by atoms with Crippen molar-refractivity contribution in [2.75, 3.05) is 26.2 Å². The monoisotopic (exact) mass is 327 g/mol. The van der Waals surface area contributed by atoms with Crippen LogP contribution in [0.4, 0.5) is 4.79 Å². The highest BCUT2D eigenvalue weighted by atomic mass is 16.6. The van der Waals surface area contributed by atoms with E-state index >= 15 is 0 Å². The van der Waals surface area contributed by atoms with Gasteiger partial charge >= 0.3 is 6.09 Å². The van der Waals surface area contributed by atoms with E-state index in [1.165, 1.54) is 0 Å². The standard InChI is InChI=1S/C16H17N5O3/c1-11-13(8-18-21(11)14-4-2-3-5-17-14)15(22)19-6-7-20-12(9-19)10-24-16(20)23/h2-5,8,12H,6-7,9-10H2,1H3.